The summed E-state index contributed by atoms with van der Waals surface area (Å²) in [4.78, 5) is 49.0. The van der Waals surface area contributed by atoms with Gasteiger partial charge in [0, 0.05) is 51.3 Å². The van der Waals surface area contributed by atoms with Crippen molar-refractivity contribution in [2.24, 2.45) is 13.0 Å². The monoisotopic (exact) mass is 863 g/mol. The highest BCUT2D eigenvalue weighted by Crippen LogP contribution is 2.36. The quantitative estimate of drug-likeness (QED) is 0.184. The van der Waals surface area contributed by atoms with Gasteiger partial charge in [-0.15, -0.1) is 0 Å². The number of benzene rings is 1. The molecule has 4 aromatic heterocycles. The number of piperidine rings is 2. The zero-order valence-electron chi connectivity index (χ0n) is 35.2. The molecule has 0 unspecified atom stereocenters. The molecule has 2 bridgehead atoms. The Labute approximate surface area is 362 Å². The number of aryl methyl sites for hydroxylation is 1. The third-order valence-electron chi connectivity index (χ3n) is 13.6. The number of carbonyl (C=O) groups excluding carboxylic acids is 2. The average Bonchev–Trinajstić information content (AvgIpc) is 4.13. The number of allylic oxidation sites excluding steroid dienone is 1. The van der Waals surface area contributed by atoms with Gasteiger partial charge in [0.2, 0.25) is 5.91 Å². The van der Waals surface area contributed by atoms with E-state index in [0.717, 1.165) is 76.9 Å². The summed E-state index contributed by atoms with van der Waals surface area (Å²) in [5, 5.41) is 14.1. The van der Waals surface area contributed by atoms with Crippen molar-refractivity contribution in [1.29, 1.82) is 0 Å². The molecule has 3 atom stereocenters. The normalized spacial score (nSPS) is 24.4. The molecule has 330 valence electrons. The first kappa shape index (κ1) is 41.1. The molecule has 0 radical (unpaired) electrons. The molecule has 4 saturated heterocycles. The molecule has 16 nitrogen and oxygen atoms in total. The Hall–Kier alpha value is -5.90. The fourth-order valence-corrected chi connectivity index (χ4v) is 10.3. The van der Waals surface area contributed by atoms with Crippen LogP contribution in [0.25, 0.3) is 16.7 Å². The number of para-hydroxylation sites is 1. The van der Waals surface area contributed by atoms with E-state index >= 15 is 0 Å². The minimum absolute atomic E-state index is 0.00403. The van der Waals surface area contributed by atoms with Crippen LogP contribution in [-0.4, -0.2) is 108 Å². The van der Waals surface area contributed by atoms with Crippen LogP contribution in [0.15, 0.2) is 59.9 Å². The molecular formula is C45H51F2N11O5. The maximum absolute atomic E-state index is 14.3. The van der Waals surface area contributed by atoms with Crippen molar-refractivity contribution in [3.05, 3.63) is 82.4 Å². The van der Waals surface area contributed by atoms with E-state index in [9.17, 15) is 23.2 Å². The number of carbonyl (C=O) groups is 2. The highest BCUT2D eigenvalue weighted by atomic mass is 19.3. The number of nitrogens with one attached hydrogen (secondary N) is 2. The second-order valence-electron chi connectivity index (χ2n) is 17.6. The Bertz CT molecular complexity index is 2690. The minimum Gasteiger partial charge on any atom is -0.374 e. The molecule has 5 aliphatic rings. The van der Waals surface area contributed by atoms with Crippen molar-refractivity contribution in [3.8, 4) is 11.8 Å². The van der Waals surface area contributed by atoms with E-state index < -0.39 is 24.1 Å². The van der Waals surface area contributed by atoms with Crippen molar-refractivity contribution in [3.63, 3.8) is 0 Å². The molecule has 1 aromatic carbocycles. The number of aromatic nitrogens is 7. The van der Waals surface area contributed by atoms with E-state index in [1.54, 1.807) is 33.3 Å². The molecule has 18 heteroatoms. The zero-order chi connectivity index (χ0) is 43.4. The number of fused-ring (bicyclic) bond motifs is 4. The average molecular weight is 864 g/mol. The Morgan fingerprint density at radius 3 is 2.67 bits per heavy atom. The first-order valence-corrected chi connectivity index (χ1v) is 22.0. The Balaban J connectivity index is 0.700. The summed E-state index contributed by atoms with van der Waals surface area (Å²) in [6.45, 7) is 8.33. The van der Waals surface area contributed by atoms with Crippen LogP contribution < -0.4 is 21.2 Å². The first-order valence-electron chi connectivity index (χ1n) is 22.0. The van der Waals surface area contributed by atoms with E-state index in [0.29, 0.717) is 53.3 Å². The van der Waals surface area contributed by atoms with Crippen molar-refractivity contribution in [1.82, 2.24) is 43.7 Å². The number of alkyl halides is 2. The van der Waals surface area contributed by atoms with Gasteiger partial charge >= 0.3 is 5.69 Å². The molecule has 5 aromatic rings. The van der Waals surface area contributed by atoms with E-state index in [2.05, 4.69) is 49.1 Å². The Kier molecular flexibility index (Phi) is 11.1. The zero-order valence-corrected chi connectivity index (χ0v) is 35.2. The number of ether oxygens (including phenoxy) is 2. The van der Waals surface area contributed by atoms with Crippen LogP contribution in [0.4, 0.5) is 20.3 Å². The minimum atomic E-state index is -2.86. The summed E-state index contributed by atoms with van der Waals surface area (Å²) in [7, 11) is 1.71. The van der Waals surface area contributed by atoms with E-state index in [1.807, 2.05) is 24.3 Å². The second-order valence-corrected chi connectivity index (χ2v) is 17.6. The van der Waals surface area contributed by atoms with Gasteiger partial charge in [0.25, 0.3) is 12.3 Å². The van der Waals surface area contributed by atoms with Crippen LogP contribution in [0.3, 0.4) is 0 Å². The number of hydrogen-bond acceptors (Lipinski definition) is 10. The summed E-state index contributed by atoms with van der Waals surface area (Å²) in [5.41, 5.74) is 2.59. The van der Waals surface area contributed by atoms with Crippen LogP contribution in [0, 0.1) is 17.8 Å². The van der Waals surface area contributed by atoms with Gasteiger partial charge in [-0.3, -0.25) is 23.4 Å². The predicted octanol–water partition coefficient (Wildman–Crippen LogP) is 4.98. The molecule has 2 amide bonds. The number of morpholine rings is 1. The SMILES string of the molecule is C=C1CC[C@@H](n2c(=O)n(C)c3c(C#CCOC4CCN(CC5CCC(n6cc(NC(=O)c7cnn8ccc(N9C[C@H]%10C[C@@H]9CO%10)nc78)c(C(F)F)n6)CC5)CC4)cccc32)C(=O)N1. The molecule has 1 saturated carbocycles. The van der Waals surface area contributed by atoms with Crippen LogP contribution in [0.1, 0.15) is 97.9 Å². The highest BCUT2D eigenvalue weighted by molar-refractivity contribution is 6.08. The summed E-state index contributed by atoms with van der Waals surface area (Å²) in [5.74, 6) is 6.79. The van der Waals surface area contributed by atoms with Gasteiger partial charge in [0.1, 0.15) is 24.0 Å². The molecule has 5 fully saturated rings. The number of nitrogens with zero attached hydrogens (tertiary/aromatic N) is 9. The van der Waals surface area contributed by atoms with Gasteiger partial charge < -0.3 is 29.9 Å². The second kappa shape index (κ2) is 17.0. The molecule has 1 aliphatic carbocycles. The lowest BCUT2D eigenvalue weighted by Gasteiger charge is -2.36. The smallest absolute Gasteiger partial charge is 0.329 e. The van der Waals surface area contributed by atoms with E-state index in [-0.39, 0.29) is 53.7 Å². The number of rotatable bonds is 10. The Morgan fingerprint density at radius 1 is 1.10 bits per heavy atom. The van der Waals surface area contributed by atoms with Crippen LogP contribution >= 0.6 is 0 Å². The third-order valence-corrected chi connectivity index (χ3v) is 13.6. The lowest BCUT2D eigenvalue weighted by Crippen LogP contribution is -2.40. The van der Waals surface area contributed by atoms with E-state index in [1.165, 1.54) is 10.7 Å². The van der Waals surface area contributed by atoms with Gasteiger partial charge in [0.15, 0.2) is 11.3 Å². The van der Waals surface area contributed by atoms with Gasteiger partial charge in [0.05, 0.1) is 59.4 Å². The molecule has 0 spiro atoms. The van der Waals surface area contributed by atoms with E-state index in [4.69, 9.17) is 14.5 Å². The number of imidazole rings is 1. The Morgan fingerprint density at radius 2 is 1.92 bits per heavy atom. The largest absolute Gasteiger partial charge is 0.374 e. The van der Waals surface area contributed by atoms with Crippen LogP contribution in [0.5, 0.6) is 0 Å². The van der Waals surface area contributed by atoms with Crippen molar-refractivity contribution >= 4 is 40.0 Å². The number of anilines is 2. The van der Waals surface area contributed by atoms with Gasteiger partial charge in [-0.2, -0.15) is 10.2 Å². The number of hydrogen-bond donors (Lipinski definition) is 2. The lowest BCUT2D eigenvalue weighted by atomic mass is 9.85. The topological polar surface area (TPSA) is 158 Å². The van der Waals surface area contributed by atoms with Gasteiger partial charge in [-0.25, -0.2) is 23.1 Å². The maximum Gasteiger partial charge on any atom is 0.329 e. The molecule has 63 heavy (non-hydrogen) atoms. The summed E-state index contributed by atoms with van der Waals surface area (Å²) in [6.07, 6.45) is 9.54. The molecule has 4 aliphatic heterocycles. The third kappa shape index (κ3) is 8.02. The van der Waals surface area contributed by atoms with Gasteiger partial charge in [-0.05, 0) is 81.9 Å². The summed E-state index contributed by atoms with van der Waals surface area (Å²) >= 11 is 0. The fraction of sp³-hybridized carbons (Fsp3) is 0.511. The lowest BCUT2D eigenvalue weighted by molar-refractivity contribution is -0.124. The maximum atomic E-state index is 14.3. The van der Waals surface area contributed by atoms with Crippen molar-refractivity contribution in [2.45, 2.75) is 94.5 Å². The fourth-order valence-electron chi connectivity index (χ4n) is 10.3. The molecule has 8 heterocycles. The van der Waals surface area contributed by atoms with Gasteiger partial charge in [-0.1, -0.05) is 24.5 Å². The first-order chi connectivity index (χ1) is 30.6. The highest BCUT2D eigenvalue weighted by Gasteiger charge is 2.40. The van der Waals surface area contributed by atoms with Crippen molar-refractivity contribution in [2.75, 3.05) is 49.6 Å². The summed E-state index contributed by atoms with van der Waals surface area (Å²) in [6, 6.07) is 7.06. The molecule has 10 rings (SSSR count). The van der Waals surface area contributed by atoms with Crippen LogP contribution in [0.2, 0.25) is 0 Å². The molecular weight excluding hydrogens is 813 g/mol. The van der Waals surface area contributed by atoms with Crippen molar-refractivity contribution < 1.29 is 27.8 Å². The number of likely N-dealkylation sites (tertiary alicyclic amines) is 1. The molecule has 2 N–H and O–H groups in total. The number of halogens is 2. The standard InChI is InChI=1S/C45H51F2N11O5/c1-27-8-13-37(44(60)49-27)58-36-7-3-5-29(40(36)53(2)45(58)61)6-4-20-62-32-14-17-54(18-15-32)23-28-9-11-30(12-10-28)57-25-35(39(52-57)41(46)47)50-43(59)34-22-48-56-19-16-38(51-42(34)56)55-24-33-21-31(55)26-63-33/h3,5,7,16,19,22,25,28,30-33,37,41H,1,8-15,17-18,20-21,23-24,26H2,2H3,(H,49,60)(H,50,59)/t28?,30?,31-,33-,37-/m1/s1. The number of amides is 2. The predicted molar refractivity (Wildman–Crippen MR) is 230 cm³/mol. The summed E-state index contributed by atoms with van der Waals surface area (Å²) < 4.78 is 46.8. The van der Waals surface area contributed by atoms with Crippen LogP contribution in [-0.2, 0) is 21.3 Å².